The van der Waals surface area contributed by atoms with E-state index < -0.39 is 11.8 Å². The Morgan fingerprint density at radius 3 is 2.40 bits per heavy atom. The molecule has 1 N–H and O–H groups in total. The van der Waals surface area contributed by atoms with Crippen molar-refractivity contribution in [1.82, 2.24) is 5.32 Å². The molecule has 0 bridgehead atoms. The van der Waals surface area contributed by atoms with E-state index in [4.69, 9.17) is 21.7 Å². The molecule has 0 spiro atoms. The molecule has 7 heteroatoms. The third-order valence-corrected chi connectivity index (χ3v) is 4.87. The Labute approximate surface area is 181 Å². The lowest BCUT2D eigenvalue weighted by Gasteiger charge is -2.30. The maximum absolute atomic E-state index is 13.2. The largest absolute Gasteiger partial charge is 0.490 e. The Kier molecular flexibility index (Phi) is 6.52. The van der Waals surface area contributed by atoms with E-state index in [-0.39, 0.29) is 10.7 Å². The molecule has 1 aliphatic heterocycles. The van der Waals surface area contributed by atoms with Crippen molar-refractivity contribution in [3.05, 3.63) is 58.7 Å². The van der Waals surface area contributed by atoms with Gasteiger partial charge in [0.15, 0.2) is 16.6 Å². The van der Waals surface area contributed by atoms with Crippen molar-refractivity contribution in [3.63, 3.8) is 0 Å². The summed E-state index contributed by atoms with van der Waals surface area (Å²) in [5.74, 6) is 0.168. The molecule has 1 heterocycles. The quantitative estimate of drug-likeness (QED) is 0.432. The predicted octanol–water partition coefficient (Wildman–Crippen LogP) is 3.93. The second-order valence-corrected chi connectivity index (χ2v) is 7.21. The fourth-order valence-electron chi connectivity index (χ4n) is 3.16. The van der Waals surface area contributed by atoms with Crippen LogP contribution in [0.4, 0.5) is 5.69 Å². The molecule has 1 fully saturated rings. The molecule has 0 unspecified atom stereocenters. The van der Waals surface area contributed by atoms with Crippen molar-refractivity contribution in [2.24, 2.45) is 0 Å². The molecule has 6 nitrogen and oxygen atoms in total. The molecular weight excluding hydrogens is 400 g/mol. The first-order valence-electron chi connectivity index (χ1n) is 9.74. The summed E-state index contributed by atoms with van der Waals surface area (Å²) in [5.41, 5.74) is 3.16. The maximum atomic E-state index is 13.2. The van der Waals surface area contributed by atoms with Gasteiger partial charge in [-0.3, -0.25) is 19.8 Å². The van der Waals surface area contributed by atoms with Crippen LogP contribution < -0.4 is 19.7 Å². The Balaban J connectivity index is 2.02. The van der Waals surface area contributed by atoms with Gasteiger partial charge in [0.25, 0.3) is 11.8 Å². The molecule has 3 rings (SSSR count). The van der Waals surface area contributed by atoms with Gasteiger partial charge in [0, 0.05) is 0 Å². The van der Waals surface area contributed by atoms with E-state index in [1.54, 1.807) is 18.2 Å². The van der Waals surface area contributed by atoms with Crippen LogP contribution in [0.3, 0.4) is 0 Å². The molecule has 30 heavy (non-hydrogen) atoms. The number of nitrogens with zero attached hydrogens (tertiary/aromatic N) is 1. The van der Waals surface area contributed by atoms with Crippen LogP contribution in [0.5, 0.6) is 11.5 Å². The lowest BCUT2D eigenvalue weighted by Crippen LogP contribution is -2.54. The van der Waals surface area contributed by atoms with Gasteiger partial charge in [-0.05, 0) is 80.9 Å². The van der Waals surface area contributed by atoms with Crippen LogP contribution in [0.15, 0.2) is 42.0 Å². The predicted molar refractivity (Wildman–Crippen MR) is 121 cm³/mol. The minimum Gasteiger partial charge on any atom is -0.490 e. The fourth-order valence-corrected chi connectivity index (χ4v) is 3.43. The smallest absolute Gasteiger partial charge is 0.270 e. The summed E-state index contributed by atoms with van der Waals surface area (Å²) in [6, 6.07) is 11.0. The molecule has 0 aromatic heterocycles. The molecule has 2 aromatic rings. The van der Waals surface area contributed by atoms with E-state index in [9.17, 15) is 9.59 Å². The average molecular weight is 425 g/mol. The van der Waals surface area contributed by atoms with Gasteiger partial charge >= 0.3 is 0 Å². The second-order valence-electron chi connectivity index (χ2n) is 6.82. The van der Waals surface area contributed by atoms with Gasteiger partial charge in [-0.2, -0.15) is 0 Å². The van der Waals surface area contributed by atoms with Crippen molar-refractivity contribution < 1.29 is 19.1 Å². The molecule has 2 amide bonds. The number of hydrogen-bond acceptors (Lipinski definition) is 5. The minimum absolute atomic E-state index is 0.00360. The van der Waals surface area contributed by atoms with E-state index in [0.717, 1.165) is 11.1 Å². The number of rotatable bonds is 6. The number of benzene rings is 2. The van der Waals surface area contributed by atoms with Crippen LogP contribution in [0.25, 0.3) is 6.08 Å². The standard InChI is InChI=1S/C23H24N2O4S/c1-5-28-19-10-9-16(13-20(19)29-6-2)12-17-21(26)24-23(30)25(22(17)27)18-11-14(3)7-8-15(18)4/h7-13H,5-6H2,1-4H3,(H,24,26,30)/b17-12+. The first-order valence-corrected chi connectivity index (χ1v) is 10.1. The highest BCUT2D eigenvalue weighted by Crippen LogP contribution is 2.31. The van der Waals surface area contributed by atoms with Crippen LogP contribution in [-0.2, 0) is 9.59 Å². The van der Waals surface area contributed by atoms with Crippen molar-refractivity contribution in [1.29, 1.82) is 0 Å². The summed E-state index contributed by atoms with van der Waals surface area (Å²) in [7, 11) is 0. The van der Waals surface area contributed by atoms with Crippen molar-refractivity contribution in [3.8, 4) is 11.5 Å². The van der Waals surface area contributed by atoms with Crippen LogP contribution in [0.2, 0.25) is 0 Å². The Morgan fingerprint density at radius 2 is 1.70 bits per heavy atom. The normalized spacial score (nSPS) is 15.4. The van der Waals surface area contributed by atoms with Gasteiger partial charge in [-0.25, -0.2) is 0 Å². The zero-order valence-corrected chi connectivity index (χ0v) is 18.3. The SMILES string of the molecule is CCOc1ccc(/C=C2\C(=O)NC(=S)N(c3cc(C)ccc3C)C2=O)cc1OCC. The van der Waals surface area contributed by atoms with E-state index in [1.807, 2.05) is 45.9 Å². The van der Waals surface area contributed by atoms with E-state index >= 15 is 0 Å². The lowest BCUT2D eigenvalue weighted by atomic mass is 10.0. The van der Waals surface area contributed by atoms with Crippen LogP contribution in [0.1, 0.15) is 30.5 Å². The summed E-state index contributed by atoms with van der Waals surface area (Å²) in [5, 5.41) is 2.69. The van der Waals surface area contributed by atoms with Crippen molar-refractivity contribution in [2.45, 2.75) is 27.7 Å². The van der Waals surface area contributed by atoms with Crippen LogP contribution in [0, 0.1) is 13.8 Å². The zero-order valence-electron chi connectivity index (χ0n) is 17.4. The number of carbonyl (C=O) groups excluding carboxylic acids is 2. The monoisotopic (exact) mass is 424 g/mol. The Hall–Kier alpha value is -3.19. The first kappa shape index (κ1) is 21.5. The molecule has 156 valence electrons. The van der Waals surface area contributed by atoms with E-state index in [0.29, 0.717) is 36.0 Å². The highest BCUT2D eigenvalue weighted by molar-refractivity contribution is 7.80. The molecule has 0 aliphatic carbocycles. The Bertz CT molecular complexity index is 1050. The molecule has 0 saturated carbocycles. The van der Waals surface area contributed by atoms with Gasteiger partial charge in [0.2, 0.25) is 0 Å². The van der Waals surface area contributed by atoms with Gasteiger partial charge in [-0.15, -0.1) is 0 Å². The topological polar surface area (TPSA) is 67.9 Å². The summed E-state index contributed by atoms with van der Waals surface area (Å²) in [4.78, 5) is 27.2. The highest BCUT2D eigenvalue weighted by atomic mass is 32.1. The molecule has 2 aromatic carbocycles. The van der Waals surface area contributed by atoms with Crippen LogP contribution >= 0.6 is 12.2 Å². The lowest BCUT2D eigenvalue weighted by molar-refractivity contribution is -0.122. The third-order valence-electron chi connectivity index (χ3n) is 4.59. The number of ether oxygens (including phenoxy) is 2. The number of nitrogens with one attached hydrogen (secondary N) is 1. The number of thiocarbonyl (C=S) groups is 1. The maximum Gasteiger partial charge on any atom is 0.270 e. The number of aryl methyl sites for hydroxylation is 2. The van der Waals surface area contributed by atoms with E-state index in [1.165, 1.54) is 11.0 Å². The number of anilines is 1. The van der Waals surface area contributed by atoms with E-state index in [2.05, 4.69) is 5.32 Å². The second kappa shape index (κ2) is 9.09. The van der Waals surface area contributed by atoms with Gasteiger partial charge < -0.3 is 9.47 Å². The fraction of sp³-hybridized carbons (Fsp3) is 0.261. The molecule has 0 radical (unpaired) electrons. The average Bonchev–Trinajstić information content (AvgIpc) is 2.70. The molecular formula is C23H24N2O4S. The molecule has 1 aliphatic rings. The van der Waals surface area contributed by atoms with Gasteiger partial charge in [-0.1, -0.05) is 18.2 Å². The van der Waals surface area contributed by atoms with Crippen molar-refractivity contribution in [2.75, 3.05) is 18.1 Å². The highest BCUT2D eigenvalue weighted by Gasteiger charge is 2.35. The zero-order chi connectivity index (χ0) is 21.8. The summed E-state index contributed by atoms with van der Waals surface area (Å²) < 4.78 is 11.2. The summed E-state index contributed by atoms with van der Waals surface area (Å²) >= 11 is 5.29. The Morgan fingerprint density at radius 1 is 1.00 bits per heavy atom. The van der Waals surface area contributed by atoms with Crippen LogP contribution in [-0.4, -0.2) is 30.1 Å². The molecule has 0 atom stereocenters. The number of hydrogen-bond donors (Lipinski definition) is 1. The minimum atomic E-state index is -0.529. The number of amides is 2. The van der Waals surface area contributed by atoms with Gasteiger partial charge in [0.1, 0.15) is 5.57 Å². The van der Waals surface area contributed by atoms with Crippen molar-refractivity contribution >= 4 is 40.9 Å². The van der Waals surface area contributed by atoms with Gasteiger partial charge in [0.05, 0.1) is 18.9 Å². The summed E-state index contributed by atoms with van der Waals surface area (Å²) in [6.07, 6.45) is 1.54. The molecule has 1 saturated heterocycles. The first-order chi connectivity index (χ1) is 14.3. The summed E-state index contributed by atoms with van der Waals surface area (Å²) in [6.45, 7) is 8.57. The third kappa shape index (κ3) is 4.36. The number of carbonyl (C=O) groups is 2.